The lowest BCUT2D eigenvalue weighted by Crippen LogP contribution is -2.44. The van der Waals surface area contributed by atoms with E-state index in [-0.39, 0.29) is 17.9 Å². The number of nitrogens with zero attached hydrogens (tertiary/aromatic N) is 5. The Bertz CT molecular complexity index is 805. The number of amides is 2. The molecule has 2 aromatic rings. The fourth-order valence-corrected chi connectivity index (χ4v) is 2.94. The molecule has 1 aliphatic heterocycles. The van der Waals surface area contributed by atoms with Gasteiger partial charge in [0.05, 0.1) is 24.7 Å². The number of hydrogen-bond donors (Lipinski definition) is 1. The third-order valence-corrected chi connectivity index (χ3v) is 4.52. The number of carbonyl (C=O) groups excluding carboxylic acids is 2. The van der Waals surface area contributed by atoms with Crippen molar-refractivity contribution in [2.45, 2.75) is 19.0 Å². The molecule has 2 heterocycles. The molecule has 0 fully saturated rings. The van der Waals surface area contributed by atoms with Crippen LogP contribution in [0.2, 0.25) is 0 Å². The molecule has 1 aliphatic rings. The molecule has 1 N–H and O–H groups in total. The summed E-state index contributed by atoms with van der Waals surface area (Å²) in [7, 11) is 5.35. The minimum Gasteiger partial charge on any atom is -0.489 e. The Morgan fingerprint density at radius 2 is 2.19 bits per heavy atom. The maximum absolute atomic E-state index is 12.3. The lowest BCUT2D eigenvalue weighted by molar-refractivity contribution is -0.121. The second kappa shape index (κ2) is 8.07. The summed E-state index contributed by atoms with van der Waals surface area (Å²) < 4.78 is 7.46. The van der Waals surface area contributed by atoms with Gasteiger partial charge in [-0.2, -0.15) is 5.10 Å². The van der Waals surface area contributed by atoms with Crippen molar-refractivity contribution in [2.24, 2.45) is 0 Å². The minimum absolute atomic E-state index is 0.0560. The maximum Gasteiger partial charge on any atom is 0.253 e. The van der Waals surface area contributed by atoms with E-state index in [1.54, 1.807) is 37.2 Å². The SMILES string of the molecule is CN(C)C(=O)c1ccc2c(c1)N(C)[C@@H](CC(=O)NCCn1cncn1)CO2. The average molecular weight is 372 g/mol. The van der Waals surface area contributed by atoms with Gasteiger partial charge >= 0.3 is 0 Å². The smallest absolute Gasteiger partial charge is 0.253 e. The van der Waals surface area contributed by atoms with E-state index in [4.69, 9.17) is 4.74 Å². The highest BCUT2D eigenvalue weighted by Crippen LogP contribution is 2.34. The van der Waals surface area contributed by atoms with Crippen LogP contribution in [0.15, 0.2) is 30.9 Å². The molecule has 0 saturated heterocycles. The van der Waals surface area contributed by atoms with Crippen molar-refractivity contribution in [3.63, 3.8) is 0 Å². The average Bonchev–Trinajstić information content (AvgIpc) is 3.16. The van der Waals surface area contributed by atoms with Gasteiger partial charge in [0.15, 0.2) is 0 Å². The highest BCUT2D eigenvalue weighted by Gasteiger charge is 2.27. The van der Waals surface area contributed by atoms with Crippen LogP contribution in [0.3, 0.4) is 0 Å². The summed E-state index contributed by atoms with van der Waals surface area (Å²) in [5, 5.41) is 6.88. The third kappa shape index (κ3) is 4.36. The molecule has 0 saturated carbocycles. The molecule has 9 nitrogen and oxygen atoms in total. The van der Waals surface area contributed by atoms with Crippen molar-refractivity contribution in [1.29, 1.82) is 0 Å². The topological polar surface area (TPSA) is 92.6 Å². The number of aromatic nitrogens is 3. The quantitative estimate of drug-likeness (QED) is 0.788. The van der Waals surface area contributed by atoms with Gasteiger partial charge in [-0.25, -0.2) is 4.98 Å². The van der Waals surface area contributed by atoms with Crippen LogP contribution in [0.25, 0.3) is 0 Å². The lowest BCUT2D eigenvalue weighted by atomic mass is 10.1. The molecule has 27 heavy (non-hydrogen) atoms. The number of anilines is 1. The zero-order chi connectivity index (χ0) is 19.4. The van der Waals surface area contributed by atoms with Crippen LogP contribution >= 0.6 is 0 Å². The minimum atomic E-state index is -0.103. The molecule has 1 atom stereocenters. The maximum atomic E-state index is 12.3. The number of benzene rings is 1. The van der Waals surface area contributed by atoms with E-state index >= 15 is 0 Å². The number of ether oxygens (including phenoxy) is 1. The van der Waals surface area contributed by atoms with Crippen LogP contribution in [0.4, 0.5) is 5.69 Å². The number of fused-ring (bicyclic) bond motifs is 1. The summed E-state index contributed by atoms with van der Waals surface area (Å²) in [5.74, 6) is 0.592. The number of rotatable bonds is 6. The van der Waals surface area contributed by atoms with Crippen molar-refractivity contribution >= 4 is 17.5 Å². The first kappa shape index (κ1) is 18.7. The predicted molar refractivity (Wildman–Crippen MR) is 99.8 cm³/mol. The first-order valence-electron chi connectivity index (χ1n) is 8.76. The first-order chi connectivity index (χ1) is 13.0. The summed E-state index contributed by atoms with van der Waals surface area (Å²) in [6, 6.07) is 5.27. The normalized spacial score (nSPS) is 15.7. The fourth-order valence-electron chi connectivity index (χ4n) is 2.94. The van der Waals surface area contributed by atoms with Gasteiger partial charge in [-0.15, -0.1) is 0 Å². The number of nitrogens with one attached hydrogen (secondary N) is 1. The molecule has 0 bridgehead atoms. The van der Waals surface area contributed by atoms with Crippen molar-refractivity contribution in [3.05, 3.63) is 36.4 Å². The van der Waals surface area contributed by atoms with Crippen molar-refractivity contribution in [3.8, 4) is 5.75 Å². The Labute approximate surface area is 157 Å². The van der Waals surface area contributed by atoms with E-state index in [1.807, 2.05) is 18.0 Å². The molecule has 0 aliphatic carbocycles. The second-order valence-electron chi connectivity index (χ2n) is 6.67. The summed E-state index contributed by atoms with van der Waals surface area (Å²) >= 11 is 0. The van der Waals surface area contributed by atoms with Crippen LogP contribution in [0.1, 0.15) is 16.8 Å². The van der Waals surface area contributed by atoms with Gasteiger partial charge in [0, 0.05) is 33.3 Å². The Balaban J connectivity index is 1.60. The van der Waals surface area contributed by atoms with Crippen LogP contribution in [0.5, 0.6) is 5.75 Å². The third-order valence-electron chi connectivity index (χ3n) is 4.52. The molecule has 0 unspecified atom stereocenters. The van der Waals surface area contributed by atoms with E-state index < -0.39 is 0 Å². The van der Waals surface area contributed by atoms with E-state index in [0.29, 0.717) is 31.7 Å². The molecule has 0 radical (unpaired) electrons. The van der Waals surface area contributed by atoms with Gasteiger partial charge in [0.25, 0.3) is 5.91 Å². The van der Waals surface area contributed by atoms with Crippen molar-refractivity contribution in [2.75, 3.05) is 39.2 Å². The number of carbonyl (C=O) groups is 2. The van der Waals surface area contributed by atoms with Gasteiger partial charge < -0.3 is 19.9 Å². The highest BCUT2D eigenvalue weighted by molar-refractivity contribution is 5.95. The van der Waals surface area contributed by atoms with Crippen LogP contribution in [-0.4, -0.2) is 71.8 Å². The Morgan fingerprint density at radius 1 is 1.37 bits per heavy atom. The van der Waals surface area contributed by atoms with Crippen LogP contribution in [-0.2, 0) is 11.3 Å². The van der Waals surface area contributed by atoms with Gasteiger partial charge in [0.2, 0.25) is 5.91 Å². The number of hydrogen-bond acceptors (Lipinski definition) is 6. The molecule has 1 aromatic carbocycles. The molecule has 3 rings (SSSR count). The van der Waals surface area contributed by atoms with E-state index in [1.165, 1.54) is 11.2 Å². The lowest BCUT2D eigenvalue weighted by Gasteiger charge is -2.35. The summed E-state index contributed by atoms with van der Waals surface area (Å²) in [6.45, 7) is 1.47. The van der Waals surface area contributed by atoms with Gasteiger partial charge in [-0.3, -0.25) is 14.3 Å². The number of likely N-dealkylation sites (N-methyl/N-ethyl adjacent to an activating group) is 1. The van der Waals surface area contributed by atoms with E-state index in [2.05, 4.69) is 15.4 Å². The summed E-state index contributed by atoms with van der Waals surface area (Å²) in [6.07, 6.45) is 3.38. The predicted octanol–water partition coefficient (Wildman–Crippen LogP) is 0.384. The zero-order valence-electron chi connectivity index (χ0n) is 15.8. The molecule has 1 aromatic heterocycles. The van der Waals surface area contributed by atoms with Crippen molar-refractivity contribution in [1.82, 2.24) is 25.0 Å². The van der Waals surface area contributed by atoms with Crippen LogP contribution in [0, 0.1) is 0 Å². The van der Waals surface area contributed by atoms with Crippen molar-refractivity contribution < 1.29 is 14.3 Å². The van der Waals surface area contributed by atoms with E-state index in [9.17, 15) is 9.59 Å². The molecular weight excluding hydrogens is 348 g/mol. The fraction of sp³-hybridized carbons (Fsp3) is 0.444. The molecule has 144 valence electrons. The highest BCUT2D eigenvalue weighted by atomic mass is 16.5. The molecule has 2 amide bonds. The van der Waals surface area contributed by atoms with Gasteiger partial charge in [-0.1, -0.05) is 0 Å². The largest absolute Gasteiger partial charge is 0.489 e. The van der Waals surface area contributed by atoms with Gasteiger partial charge in [-0.05, 0) is 18.2 Å². The first-order valence-corrected chi connectivity index (χ1v) is 8.76. The Hall–Kier alpha value is -3.10. The Kier molecular flexibility index (Phi) is 5.58. The van der Waals surface area contributed by atoms with Crippen LogP contribution < -0.4 is 15.0 Å². The molecule has 0 spiro atoms. The summed E-state index contributed by atoms with van der Waals surface area (Å²) in [4.78, 5) is 31.9. The molecule has 9 heteroatoms. The zero-order valence-corrected chi connectivity index (χ0v) is 15.8. The summed E-state index contributed by atoms with van der Waals surface area (Å²) in [5.41, 5.74) is 1.40. The van der Waals surface area contributed by atoms with E-state index in [0.717, 1.165) is 11.4 Å². The Morgan fingerprint density at radius 3 is 2.89 bits per heavy atom. The monoisotopic (exact) mass is 372 g/mol. The molecular formula is C18H24N6O3. The second-order valence-corrected chi connectivity index (χ2v) is 6.67. The van der Waals surface area contributed by atoms with Gasteiger partial charge in [0.1, 0.15) is 25.0 Å². The standard InChI is InChI=1S/C18H24N6O3/c1-22(2)18(26)13-4-5-16-15(8-13)23(3)14(10-27-16)9-17(25)20-6-7-24-12-19-11-21-24/h4-5,8,11-12,14H,6-7,9-10H2,1-3H3,(H,20,25)/t14-/m0/s1.